The van der Waals surface area contributed by atoms with E-state index >= 15 is 0 Å². The molecular weight excluding hydrogens is 162 g/mol. The standard InChI is InChI=1S/C11H13NO/c12-10-5-11(10)7-13-6-8-3-1-2-4-9(8)11/h1-4,10H,5-7,12H2. The summed E-state index contributed by atoms with van der Waals surface area (Å²) < 4.78 is 5.56. The summed E-state index contributed by atoms with van der Waals surface area (Å²) >= 11 is 0. The molecule has 1 aliphatic heterocycles. The second kappa shape index (κ2) is 2.34. The van der Waals surface area contributed by atoms with Crippen LogP contribution in [0.2, 0.25) is 0 Å². The maximum atomic E-state index is 5.97. The fourth-order valence-electron chi connectivity index (χ4n) is 2.36. The van der Waals surface area contributed by atoms with Crippen molar-refractivity contribution < 1.29 is 4.74 Å². The Hall–Kier alpha value is -0.860. The summed E-state index contributed by atoms with van der Waals surface area (Å²) in [6.45, 7) is 1.57. The van der Waals surface area contributed by atoms with Crippen LogP contribution in [-0.4, -0.2) is 12.6 Å². The lowest BCUT2D eigenvalue weighted by atomic mass is 9.90. The number of fused-ring (bicyclic) bond motifs is 2. The predicted molar refractivity (Wildman–Crippen MR) is 50.4 cm³/mol. The normalized spacial score (nSPS) is 35.9. The van der Waals surface area contributed by atoms with Gasteiger partial charge in [-0.2, -0.15) is 0 Å². The van der Waals surface area contributed by atoms with Crippen molar-refractivity contribution in [3.8, 4) is 0 Å². The molecule has 2 unspecified atom stereocenters. The van der Waals surface area contributed by atoms with E-state index in [0.717, 1.165) is 19.6 Å². The van der Waals surface area contributed by atoms with Crippen LogP contribution in [0.4, 0.5) is 0 Å². The first-order valence-corrected chi connectivity index (χ1v) is 4.75. The molecule has 2 aliphatic rings. The molecule has 0 bridgehead atoms. The van der Waals surface area contributed by atoms with Gasteiger partial charge in [0.1, 0.15) is 0 Å². The van der Waals surface area contributed by atoms with Crippen LogP contribution in [0.3, 0.4) is 0 Å². The van der Waals surface area contributed by atoms with Crippen LogP contribution in [0, 0.1) is 0 Å². The average molecular weight is 175 g/mol. The fraction of sp³-hybridized carbons (Fsp3) is 0.455. The second-order valence-corrected chi connectivity index (χ2v) is 4.12. The summed E-state index contributed by atoms with van der Waals surface area (Å²) in [5.74, 6) is 0. The van der Waals surface area contributed by atoms with Gasteiger partial charge in [0.15, 0.2) is 0 Å². The molecule has 0 aromatic heterocycles. The highest BCUT2D eigenvalue weighted by Gasteiger charge is 2.55. The quantitative estimate of drug-likeness (QED) is 0.642. The molecule has 1 aromatic rings. The zero-order valence-corrected chi connectivity index (χ0v) is 7.49. The van der Waals surface area contributed by atoms with Crippen molar-refractivity contribution in [2.45, 2.75) is 24.5 Å². The maximum Gasteiger partial charge on any atom is 0.0720 e. The summed E-state index contributed by atoms with van der Waals surface area (Å²) in [7, 11) is 0. The molecule has 1 saturated carbocycles. The summed E-state index contributed by atoms with van der Waals surface area (Å²) in [6.07, 6.45) is 1.09. The molecule has 3 rings (SSSR count). The van der Waals surface area contributed by atoms with Crippen molar-refractivity contribution >= 4 is 0 Å². The van der Waals surface area contributed by atoms with E-state index in [1.165, 1.54) is 11.1 Å². The zero-order chi connectivity index (χ0) is 8.89. The molecule has 1 aromatic carbocycles. The molecule has 0 amide bonds. The van der Waals surface area contributed by atoms with Crippen LogP contribution in [0.1, 0.15) is 17.5 Å². The number of ether oxygens (including phenoxy) is 1. The Morgan fingerprint density at radius 2 is 2.15 bits per heavy atom. The Bertz CT molecular complexity index is 350. The maximum absolute atomic E-state index is 5.97. The largest absolute Gasteiger partial charge is 0.376 e. The molecule has 0 radical (unpaired) electrons. The van der Waals surface area contributed by atoms with Gasteiger partial charge in [0, 0.05) is 11.5 Å². The minimum Gasteiger partial charge on any atom is -0.376 e. The molecule has 2 N–H and O–H groups in total. The molecule has 13 heavy (non-hydrogen) atoms. The fourth-order valence-corrected chi connectivity index (χ4v) is 2.36. The van der Waals surface area contributed by atoms with Gasteiger partial charge in [0.25, 0.3) is 0 Å². The van der Waals surface area contributed by atoms with Gasteiger partial charge in [0.2, 0.25) is 0 Å². The Kier molecular flexibility index (Phi) is 1.35. The van der Waals surface area contributed by atoms with Crippen LogP contribution in [0.5, 0.6) is 0 Å². The third-order valence-electron chi connectivity index (χ3n) is 3.30. The van der Waals surface area contributed by atoms with Gasteiger partial charge in [-0.25, -0.2) is 0 Å². The van der Waals surface area contributed by atoms with Crippen molar-refractivity contribution in [1.82, 2.24) is 0 Å². The lowest BCUT2D eigenvalue weighted by Gasteiger charge is -2.25. The van der Waals surface area contributed by atoms with Crippen molar-refractivity contribution in [3.05, 3.63) is 35.4 Å². The molecule has 2 heteroatoms. The lowest BCUT2D eigenvalue weighted by molar-refractivity contribution is 0.0823. The number of benzene rings is 1. The molecular formula is C11H13NO. The van der Waals surface area contributed by atoms with Crippen molar-refractivity contribution in [1.29, 1.82) is 0 Å². The SMILES string of the molecule is NC1CC12COCc1ccccc12. The van der Waals surface area contributed by atoms with Crippen LogP contribution >= 0.6 is 0 Å². The van der Waals surface area contributed by atoms with Gasteiger partial charge in [0.05, 0.1) is 13.2 Å². The van der Waals surface area contributed by atoms with E-state index in [2.05, 4.69) is 24.3 Å². The van der Waals surface area contributed by atoms with E-state index in [-0.39, 0.29) is 5.41 Å². The highest BCUT2D eigenvalue weighted by atomic mass is 16.5. The van der Waals surface area contributed by atoms with Gasteiger partial charge in [-0.1, -0.05) is 24.3 Å². The van der Waals surface area contributed by atoms with Gasteiger partial charge in [-0.15, -0.1) is 0 Å². The van der Waals surface area contributed by atoms with E-state index in [4.69, 9.17) is 10.5 Å². The first-order valence-electron chi connectivity index (χ1n) is 4.75. The van der Waals surface area contributed by atoms with Crippen LogP contribution in [0.25, 0.3) is 0 Å². The van der Waals surface area contributed by atoms with Crippen molar-refractivity contribution in [2.24, 2.45) is 5.73 Å². The number of nitrogens with two attached hydrogens (primary N) is 1. The molecule has 68 valence electrons. The van der Waals surface area contributed by atoms with Crippen molar-refractivity contribution in [2.75, 3.05) is 6.61 Å². The summed E-state index contributed by atoms with van der Waals surface area (Å²) in [5.41, 5.74) is 8.89. The van der Waals surface area contributed by atoms with Crippen LogP contribution < -0.4 is 5.73 Å². The van der Waals surface area contributed by atoms with Crippen LogP contribution in [-0.2, 0) is 16.8 Å². The van der Waals surface area contributed by atoms with E-state index < -0.39 is 0 Å². The first kappa shape index (κ1) is 7.54. The number of rotatable bonds is 0. The highest BCUT2D eigenvalue weighted by molar-refractivity contribution is 5.43. The Labute approximate surface area is 77.7 Å². The average Bonchev–Trinajstić information content (AvgIpc) is 2.79. The summed E-state index contributed by atoms with van der Waals surface area (Å²) in [4.78, 5) is 0. The van der Waals surface area contributed by atoms with E-state index in [0.29, 0.717) is 6.04 Å². The minimum absolute atomic E-state index is 0.175. The van der Waals surface area contributed by atoms with Crippen LogP contribution in [0.15, 0.2) is 24.3 Å². The topological polar surface area (TPSA) is 35.2 Å². The zero-order valence-electron chi connectivity index (χ0n) is 7.49. The van der Waals surface area contributed by atoms with Gasteiger partial charge in [-0.05, 0) is 17.5 Å². The first-order chi connectivity index (χ1) is 6.33. The molecule has 1 aliphatic carbocycles. The van der Waals surface area contributed by atoms with E-state index in [1.807, 2.05) is 0 Å². The molecule has 1 fully saturated rings. The number of hydrogen-bond acceptors (Lipinski definition) is 2. The van der Waals surface area contributed by atoms with Gasteiger partial charge in [-0.3, -0.25) is 0 Å². The van der Waals surface area contributed by atoms with Gasteiger partial charge >= 0.3 is 0 Å². The van der Waals surface area contributed by atoms with Crippen molar-refractivity contribution in [3.63, 3.8) is 0 Å². The second-order valence-electron chi connectivity index (χ2n) is 4.12. The highest BCUT2D eigenvalue weighted by Crippen LogP contribution is 2.50. The Balaban J connectivity index is 2.13. The molecule has 2 nitrogen and oxygen atoms in total. The van der Waals surface area contributed by atoms with Gasteiger partial charge < -0.3 is 10.5 Å². The minimum atomic E-state index is 0.175. The Morgan fingerprint density at radius 1 is 1.38 bits per heavy atom. The monoisotopic (exact) mass is 175 g/mol. The third-order valence-corrected chi connectivity index (χ3v) is 3.30. The Morgan fingerprint density at radius 3 is 2.92 bits per heavy atom. The summed E-state index contributed by atoms with van der Waals surface area (Å²) in [6, 6.07) is 8.81. The number of hydrogen-bond donors (Lipinski definition) is 1. The smallest absolute Gasteiger partial charge is 0.0720 e. The molecule has 1 heterocycles. The van der Waals surface area contributed by atoms with E-state index in [9.17, 15) is 0 Å². The molecule has 0 saturated heterocycles. The predicted octanol–water partition coefficient (Wildman–Crippen LogP) is 1.19. The third kappa shape index (κ3) is 0.901. The molecule has 2 atom stereocenters. The lowest BCUT2D eigenvalue weighted by Crippen LogP contribution is -2.29. The van der Waals surface area contributed by atoms with E-state index in [1.54, 1.807) is 0 Å². The summed E-state index contributed by atoms with van der Waals surface area (Å²) in [5, 5.41) is 0. The molecule has 1 spiro atoms.